The van der Waals surface area contributed by atoms with Crippen LogP contribution in [0.25, 0.3) is 0 Å². The van der Waals surface area contributed by atoms with Crippen LogP contribution in [0, 0.1) is 10.7 Å². The Morgan fingerprint density at radius 1 is 1.50 bits per heavy atom. The van der Waals surface area contributed by atoms with Gasteiger partial charge in [0.05, 0.1) is 0 Å². The van der Waals surface area contributed by atoms with Gasteiger partial charge in [0, 0.05) is 0 Å². The molecule has 0 aliphatic rings. The predicted molar refractivity (Wildman–Crippen MR) is 40.6 cm³/mol. The number of hydrogen-bond donors (Lipinski definition) is 1. The SMILES string of the molecule is CCS(C)(C)C#N.N. The van der Waals surface area contributed by atoms with Gasteiger partial charge in [-0.15, -0.1) is 0 Å². The Kier molecular flexibility index (Phi) is 5.04. The van der Waals surface area contributed by atoms with Crippen LogP contribution in [0.15, 0.2) is 0 Å². The molecule has 0 spiro atoms. The smallest absolute Gasteiger partial charge is 0.112 e. The molecule has 8 heavy (non-hydrogen) atoms. The van der Waals surface area contributed by atoms with E-state index in [0.29, 0.717) is 0 Å². The van der Waals surface area contributed by atoms with Gasteiger partial charge in [-0.25, -0.2) is 0 Å². The lowest BCUT2D eigenvalue weighted by molar-refractivity contribution is 1.49. The fraction of sp³-hybridized carbons (Fsp3) is 0.800. The zero-order valence-corrected chi connectivity index (χ0v) is 6.59. The van der Waals surface area contributed by atoms with Crippen LogP contribution in [-0.2, 0) is 0 Å². The van der Waals surface area contributed by atoms with E-state index in [2.05, 4.69) is 12.3 Å². The van der Waals surface area contributed by atoms with Crippen molar-refractivity contribution in [2.24, 2.45) is 0 Å². The molecular formula is C5H14N2S. The van der Waals surface area contributed by atoms with Crippen molar-refractivity contribution < 1.29 is 0 Å². The molecule has 0 bridgehead atoms. The van der Waals surface area contributed by atoms with Crippen molar-refractivity contribution >= 4 is 10.0 Å². The topological polar surface area (TPSA) is 58.8 Å². The first-order valence-corrected chi connectivity index (χ1v) is 4.86. The molecule has 0 amide bonds. The van der Waals surface area contributed by atoms with Crippen molar-refractivity contribution in [2.45, 2.75) is 6.92 Å². The molecule has 0 radical (unpaired) electrons. The quantitative estimate of drug-likeness (QED) is 0.555. The Labute approximate surface area is 52.8 Å². The van der Waals surface area contributed by atoms with Crippen LogP contribution < -0.4 is 6.15 Å². The average Bonchev–Trinajstić information content (AvgIpc) is 1.68. The molecule has 0 aromatic rings. The van der Waals surface area contributed by atoms with E-state index in [-0.39, 0.29) is 6.15 Å². The fourth-order valence-corrected chi connectivity index (χ4v) is 0.194. The molecule has 0 unspecified atom stereocenters. The second kappa shape index (κ2) is 3.76. The highest BCUT2D eigenvalue weighted by atomic mass is 32.3. The molecule has 3 N–H and O–H groups in total. The highest BCUT2D eigenvalue weighted by Gasteiger charge is 2.03. The molecule has 0 aromatic carbocycles. The van der Waals surface area contributed by atoms with E-state index < -0.39 is 10.0 Å². The summed E-state index contributed by atoms with van der Waals surface area (Å²) in [6, 6.07) is 0. The summed E-state index contributed by atoms with van der Waals surface area (Å²) in [4.78, 5) is 0. The third-order valence-electron chi connectivity index (χ3n) is 0.969. The maximum atomic E-state index is 8.38. The van der Waals surface area contributed by atoms with Crippen molar-refractivity contribution in [2.75, 3.05) is 18.3 Å². The average molecular weight is 134 g/mol. The molecule has 0 aliphatic heterocycles. The van der Waals surface area contributed by atoms with E-state index >= 15 is 0 Å². The van der Waals surface area contributed by atoms with Gasteiger partial charge in [-0.2, -0.15) is 15.3 Å². The Hall–Kier alpha value is -0.200. The van der Waals surface area contributed by atoms with Crippen LogP contribution >= 0.6 is 10.0 Å². The van der Waals surface area contributed by atoms with Gasteiger partial charge in [-0.05, 0) is 18.3 Å². The van der Waals surface area contributed by atoms with E-state index in [9.17, 15) is 0 Å². The number of rotatable bonds is 1. The minimum atomic E-state index is -0.852. The second-order valence-electron chi connectivity index (χ2n) is 1.92. The van der Waals surface area contributed by atoms with E-state index in [1.165, 1.54) is 0 Å². The lowest BCUT2D eigenvalue weighted by Crippen LogP contribution is -1.91. The molecule has 3 heteroatoms. The van der Waals surface area contributed by atoms with Crippen LogP contribution in [0.5, 0.6) is 0 Å². The molecule has 0 heterocycles. The van der Waals surface area contributed by atoms with Gasteiger partial charge in [0.1, 0.15) is 5.40 Å². The largest absolute Gasteiger partial charge is 0.344 e. The van der Waals surface area contributed by atoms with Crippen LogP contribution in [0.1, 0.15) is 6.92 Å². The molecule has 50 valence electrons. The summed E-state index contributed by atoms with van der Waals surface area (Å²) in [6.45, 7) is 2.05. The molecule has 0 rings (SSSR count). The molecule has 0 saturated heterocycles. The van der Waals surface area contributed by atoms with Crippen LogP contribution in [0.3, 0.4) is 0 Å². The van der Waals surface area contributed by atoms with Crippen LogP contribution in [-0.4, -0.2) is 18.3 Å². The molecular weight excluding hydrogens is 120 g/mol. The highest BCUT2D eigenvalue weighted by Crippen LogP contribution is 2.36. The van der Waals surface area contributed by atoms with E-state index in [0.717, 1.165) is 5.75 Å². The monoisotopic (exact) mass is 134 g/mol. The molecule has 0 aromatic heterocycles. The minimum absolute atomic E-state index is 0. The lowest BCUT2D eigenvalue weighted by Gasteiger charge is -2.16. The van der Waals surface area contributed by atoms with Crippen LogP contribution in [0.4, 0.5) is 0 Å². The van der Waals surface area contributed by atoms with Crippen molar-refractivity contribution in [3.8, 4) is 5.40 Å². The molecule has 0 atom stereocenters. The number of nitriles is 1. The summed E-state index contributed by atoms with van der Waals surface area (Å²) in [5.74, 6) is 1.02. The van der Waals surface area contributed by atoms with Gasteiger partial charge in [0.2, 0.25) is 0 Å². The van der Waals surface area contributed by atoms with Crippen molar-refractivity contribution in [3.05, 3.63) is 0 Å². The predicted octanol–water partition coefficient (Wildman–Crippen LogP) is 1.71. The standard InChI is InChI=1S/C5H11NS.H3N/c1-4-7(2,3)5-6;/h4H2,1-3H3;1H3. The Bertz CT molecular complexity index is 93.1. The van der Waals surface area contributed by atoms with Crippen LogP contribution in [0.2, 0.25) is 0 Å². The summed E-state index contributed by atoms with van der Waals surface area (Å²) in [6.07, 6.45) is 4.04. The number of hydrogen-bond acceptors (Lipinski definition) is 2. The summed E-state index contributed by atoms with van der Waals surface area (Å²) < 4.78 is 0. The minimum Gasteiger partial charge on any atom is -0.344 e. The molecule has 0 fully saturated rings. The van der Waals surface area contributed by atoms with E-state index in [4.69, 9.17) is 5.26 Å². The zero-order chi connectivity index (χ0) is 5.91. The summed E-state index contributed by atoms with van der Waals surface area (Å²) in [7, 11) is -0.852. The second-order valence-corrected chi connectivity index (χ2v) is 5.75. The molecule has 2 nitrogen and oxygen atoms in total. The maximum absolute atomic E-state index is 8.38. The highest BCUT2D eigenvalue weighted by molar-refractivity contribution is 8.36. The number of nitrogens with zero attached hydrogens (tertiary/aromatic N) is 1. The van der Waals surface area contributed by atoms with Gasteiger partial charge in [-0.3, -0.25) is 0 Å². The fourth-order valence-electron chi connectivity index (χ4n) is 0.0645. The van der Waals surface area contributed by atoms with Crippen molar-refractivity contribution in [1.29, 1.82) is 5.26 Å². The number of thiocyanates is 1. The first-order chi connectivity index (χ1) is 3.12. The van der Waals surface area contributed by atoms with E-state index in [1.807, 2.05) is 12.5 Å². The summed E-state index contributed by atoms with van der Waals surface area (Å²) in [5, 5.41) is 10.7. The Morgan fingerprint density at radius 3 is 1.88 bits per heavy atom. The van der Waals surface area contributed by atoms with Gasteiger partial charge < -0.3 is 6.15 Å². The maximum Gasteiger partial charge on any atom is 0.112 e. The van der Waals surface area contributed by atoms with Gasteiger partial charge in [-0.1, -0.05) is 6.92 Å². The zero-order valence-electron chi connectivity index (χ0n) is 5.77. The Balaban J connectivity index is 0. The normalized spacial score (nSPS) is 11.2. The van der Waals surface area contributed by atoms with E-state index in [1.54, 1.807) is 0 Å². The molecule has 0 saturated carbocycles. The third kappa shape index (κ3) is 3.97. The Morgan fingerprint density at radius 2 is 1.88 bits per heavy atom. The van der Waals surface area contributed by atoms with Crippen molar-refractivity contribution in [1.82, 2.24) is 6.15 Å². The van der Waals surface area contributed by atoms with Gasteiger partial charge >= 0.3 is 0 Å². The summed E-state index contributed by atoms with van der Waals surface area (Å²) in [5.41, 5.74) is 0. The summed E-state index contributed by atoms with van der Waals surface area (Å²) >= 11 is 0. The third-order valence-corrected chi connectivity index (χ3v) is 2.91. The van der Waals surface area contributed by atoms with Gasteiger partial charge in [0.25, 0.3) is 0 Å². The first kappa shape index (κ1) is 10.7. The van der Waals surface area contributed by atoms with Crippen molar-refractivity contribution in [3.63, 3.8) is 0 Å². The lowest BCUT2D eigenvalue weighted by atomic mass is 11.0. The first-order valence-electron chi connectivity index (χ1n) is 2.24. The molecule has 0 aliphatic carbocycles. The van der Waals surface area contributed by atoms with Gasteiger partial charge in [0.15, 0.2) is 0 Å².